The van der Waals surface area contributed by atoms with E-state index in [1.807, 2.05) is 19.1 Å². The second-order valence-corrected chi connectivity index (χ2v) is 10.6. The van der Waals surface area contributed by atoms with Gasteiger partial charge in [0.1, 0.15) is 5.75 Å². The Hall–Kier alpha value is -1.59. The number of carbonyl (C=O) groups excluding carboxylic acids is 1. The van der Waals surface area contributed by atoms with Gasteiger partial charge in [-0.25, -0.2) is 0 Å². The molecule has 2 aliphatic heterocycles. The van der Waals surface area contributed by atoms with Crippen molar-refractivity contribution in [1.82, 2.24) is 10.2 Å². The van der Waals surface area contributed by atoms with Gasteiger partial charge in [-0.1, -0.05) is 57.7 Å². The number of esters is 1. The van der Waals surface area contributed by atoms with Crippen molar-refractivity contribution in [2.24, 2.45) is 11.3 Å². The predicted octanol–water partition coefficient (Wildman–Crippen LogP) is 5.19. The van der Waals surface area contributed by atoms with Gasteiger partial charge < -0.3 is 14.7 Å². The van der Waals surface area contributed by atoms with Crippen molar-refractivity contribution in [3.05, 3.63) is 29.8 Å². The van der Waals surface area contributed by atoms with Gasteiger partial charge in [0.2, 0.25) is 0 Å². The standard InChI is InChI=1S/C27H42N2O3/c1-3-4-5-6-9-20(2)25(31)32-26-27(19-28-26)15-12-22(18-27)29-16-13-21(14-17-29)23-10-7-8-11-24(23)30/h7-8,10-11,20-22,26,28,30H,3-6,9,12-19H2,1-2H3. The Bertz CT molecular complexity index is 761. The van der Waals surface area contributed by atoms with E-state index in [9.17, 15) is 9.90 Å². The number of benzene rings is 1. The van der Waals surface area contributed by atoms with Crippen LogP contribution in [0, 0.1) is 11.3 Å². The molecule has 0 aromatic heterocycles. The van der Waals surface area contributed by atoms with E-state index >= 15 is 0 Å². The van der Waals surface area contributed by atoms with Crippen molar-refractivity contribution >= 4 is 5.97 Å². The molecule has 3 aliphatic rings. The van der Waals surface area contributed by atoms with Crippen LogP contribution in [0.5, 0.6) is 5.75 Å². The molecular formula is C27H42N2O3. The van der Waals surface area contributed by atoms with Crippen molar-refractivity contribution in [2.45, 2.75) is 96.2 Å². The third-order valence-corrected chi connectivity index (χ3v) is 8.36. The number of piperidine rings is 1. The number of unbranched alkanes of at least 4 members (excludes halogenated alkanes) is 3. The van der Waals surface area contributed by atoms with E-state index in [0.717, 1.165) is 63.7 Å². The van der Waals surface area contributed by atoms with Gasteiger partial charge in [-0.2, -0.15) is 0 Å². The van der Waals surface area contributed by atoms with Gasteiger partial charge in [0.25, 0.3) is 0 Å². The molecule has 3 fully saturated rings. The van der Waals surface area contributed by atoms with E-state index in [0.29, 0.717) is 17.7 Å². The summed E-state index contributed by atoms with van der Waals surface area (Å²) >= 11 is 0. The van der Waals surface area contributed by atoms with Crippen molar-refractivity contribution in [1.29, 1.82) is 0 Å². The molecule has 178 valence electrons. The molecule has 0 radical (unpaired) electrons. The minimum atomic E-state index is -0.100. The zero-order valence-electron chi connectivity index (χ0n) is 20.0. The Morgan fingerprint density at radius 1 is 1.22 bits per heavy atom. The molecule has 5 nitrogen and oxygen atoms in total. The fourth-order valence-corrected chi connectivity index (χ4v) is 6.11. The fourth-order valence-electron chi connectivity index (χ4n) is 6.11. The first-order chi connectivity index (χ1) is 15.5. The molecule has 32 heavy (non-hydrogen) atoms. The lowest BCUT2D eigenvalue weighted by atomic mass is 9.77. The highest BCUT2D eigenvalue weighted by Crippen LogP contribution is 2.48. The molecule has 5 heteroatoms. The molecule has 4 rings (SSSR count). The molecule has 4 unspecified atom stereocenters. The molecule has 1 aliphatic carbocycles. The lowest BCUT2D eigenvalue weighted by Crippen LogP contribution is -2.63. The molecule has 1 spiro atoms. The van der Waals surface area contributed by atoms with E-state index in [-0.39, 0.29) is 23.5 Å². The maximum absolute atomic E-state index is 12.6. The van der Waals surface area contributed by atoms with Gasteiger partial charge >= 0.3 is 5.97 Å². The number of hydrogen-bond acceptors (Lipinski definition) is 5. The van der Waals surface area contributed by atoms with Gasteiger partial charge in [-0.05, 0) is 69.2 Å². The zero-order chi connectivity index (χ0) is 22.6. The van der Waals surface area contributed by atoms with Crippen molar-refractivity contribution in [3.63, 3.8) is 0 Å². The second kappa shape index (κ2) is 10.6. The fraction of sp³-hybridized carbons (Fsp3) is 0.741. The Morgan fingerprint density at radius 3 is 2.69 bits per heavy atom. The van der Waals surface area contributed by atoms with Crippen LogP contribution in [0.15, 0.2) is 24.3 Å². The van der Waals surface area contributed by atoms with Crippen LogP contribution in [-0.2, 0) is 9.53 Å². The monoisotopic (exact) mass is 442 g/mol. The lowest BCUT2D eigenvalue weighted by molar-refractivity contribution is -0.177. The average Bonchev–Trinajstić information content (AvgIpc) is 3.28. The Kier molecular flexibility index (Phi) is 7.78. The topological polar surface area (TPSA) is 61.8 Å². The number of carbonyl (C=O) groups is 1. The van der Waals surface area contributed by atoms with Crippen LogP contribution in [0.2, 0.25) is 0 Å². The molecule has 0 bridgehead atoms. The number of aromatic hydroxyl groups is 1. The molecule has 2 N–H and O–H groups in total. The number of phenols is 1. The number of likely N-dealkylation sites (tertiary alicyclic amines) is 1. The van der Waals surface area contributed by atoms with Crippen LogP contribution in [0.1, 0.15) is 89.5 Å². The Labute approximate surface area is 193 Å². The molecule has 1 aromatic rings. The molecule has 2 saturated heterocycles. The first kappa shape index (κ1) is 23.6. The van der Waals surface area contributed by atoms with Crippen LogP contribution < -0.4 is 5.32 Å². The van der Waals surface area contributed by atoms with Gasteiger partial charge in [0, 0.05) is 18.0 Å². The molecule has 2 heterocycles. The largest absolute Gasteiger partial charge is 0.508 e. The molecule has 1 saturated carbocycles. The third kappa shape index (κ3) is 5.14. The Morgan fingerprint density at radius 2 is 2.00 bits per heavy atom. The highest BCUT2D eigenvalue weighted by Gasteiger charge is 2.54. The van der Waals surface area contributed by atoms with Crippen LogP contribution in [0.3, 0.4) is 0 Å². The van der Waals surface area contributed by atoms with E-state index in [4.69, 9.17) is 4.74 Å². The first-order valence-corrected chi connectivity index (χ1v) is 13.0. The minimum absolute atomic E-state index is 0.00284. The molecule has 1 aromatic carbocycles. The summed E-state index contributed by atoms with van der Waals surface area (Å²) in [6, 6.07) is 8.40. The number of nitrogens with zero attached hydrogens (tertiary/aromatic N) is 1. The SMILES string of the molecule is CCCCCCC(C)C(=O)OC1NCC12CCC(N1CCC(c3ccccc3O)CC1)C2. The minimum Gasteiger partial charge on any atom is -0.508 e. The Balaban J connectivity index is 1.23. The zero-order valence-corrected chi connectivity index (χ0v) is 20.0. The summed E-state index contributed by atoms with van der Waals surface area (Å²) < 4.78 is 5.97. The maximum atomic E-state index is 12.6. The molecule has 0 amide bonds. The number of rotatable bonds is 9. The molecular weight excluding hydrogens is 400 g/mol. The van der Waals surface area contributed by atoms with E-state index in [2.05, 4.69) is 23.2 Å². The number of phenolic OH excluding ortho intramolecular Hbond substituents is 1. The number of nitrogens with one attached hydrogen (secondary N) is 1. The summed E-state index contributed by atoms with van der Waals surface area (Å²) in [5.41, 5.74) is 1.24. The van der Waals surface area contributed by atoms with Gasteiger partial charge in [-0.15, -0.1) is 0 Å². The normalized spacial score (nSPS) is 29.7. The summed E-state index contributed by atoms with van der Waals surface area (Å²) in [4.78, 5) is 15.3. The van der Waals surface area contributed by atoms with Crippen LogP contribution in [-0.4, -0.2) is 47.9 Å². The van der Waals surface area contributed by atoms with Crippen molar-refractivity contribution in [2.75, 3.05) is 19.6 Å². The summed E-state index contributed by atoms with van der Waals surface area (Å²) in [7, 11) is 0. The number of ether oxygens (including phenoxy) is 1. The summed E-state index contributed by atoms with van der Waals surface area (Å²) in [6.07, 6.45) is 11.3. The summed E-state index contributed by atoms with van der Waals surface area (Å²) in [6.45, 7) is 7.38. The molecule has 4 atom stereocenters. The highest BCUT2D eigenvalue weighted by atomic mass is 16.6. The average molecular weight is 443 g/mol. The third-order valence-electron chi connectivity index (χ3n) is 8.36. The summed E-state index contributed by atoms with van der Waals surface area (Å²) in [5.74, 6) is 0.873. The second-order valence-electron chi connectivity index (χ2n) is 10.6. The first-order valence-electron chi connectivity index (χ1n) is 13.0. The number of hydrogen-bond donors (Lipinski definition) is 2. The quantitative estimate of drug-likeness (QED) is 0.407. The van der Waals surface area contributed by atoms with E-state index in [1.165, 1.54) is 25.7 Å². The highest BCUT2D eigenvalue weighted by molar-refractivity contribution is 5.72. The van der Waals surface area contributed by atoms with Gasteiger partial charge in [-0.3, -0.25) is 10.1 Å². The predicted molar refractivity (Wildman–Crippen MR) is 128 cm³/mol. The van der Waals surface area contributed by atoms with E-state index in [1.54, 1.807) is 6.07 Å². The van der Waals surface area contributed by atoms with E-state index < -0.39 is 0 Å². The van der Waals surface area contributed by atoms with Crippen molar-refractivity contribution < 1.29 is 14.6 Å². The van der Waals surface area contributed by atoms with Gasteiger partial charge in [0.15, 0.2) is 6.23 Å². The number of para-hydroxylation sites is 1. The van der Waals surface area contributed by atoms with Crippen LogP contribution >= 0.6 is 0 Å². The smallest absolute Gasteiger partial charge is 0.310 e. The maximum Gasteiger partial charge on any atom is 0.310 e. The lowest BCUT2D eigenvalue weighted by Gasteiger charge is -2.48. The van der Waals surface area contributed by atoms with Gasteiger partial charge in [0.05, 0.1) is 5.92 Å². The van der Waals surface area contributed by atoms with Crippen molar-refractivity contribution in [3.8, 4) is 5.75 Å². The summed E-state index contributed by atoms with van der Waals surface area (Å²) in [5, 5.41) is 13.6. The van der Waals surface area contributed by atoms with Crippen LogP contribution in [0.25, 0.3) is 0 Å². The van der Waals surface area contributed by atoms with Crippen LogP contribution in [0.4, 0.5) is 0 Å².